The lowest BCUT2D eigenvalue weighted by molar-refractivity contribution is -0.147. The van der Waals surface area contributed by atoms with Gasteiger partial charge < -0.3 is 10.1 Å². The van der Waals surface area contributed by atoms with E-state index in [0.717, 1.165) is 22.3 Å². The maximum Gasteiger partial charge on any atom is 0.306 e. The molecule has 2 aromatic rings. The number of Topliss-reactive ketones (excluding diaryl/α,β-unsaturated/α-hetero) is 1. The Morgan fingerprint density at radius 3 is 2.22 bits per heavy atom. The van der Waals surface area contributed by atoms with Gasteiger partial charge in [-0.2, -0.15) is 0 Å². The second-order valence-corrected chi connectivity index (χ2v) is 6.77. The third-order valence-electron chi connectivity index (χ3n) is 4.27. The van der Waals surface area contributed by atoms with Crippen LogP contribution >= 0.6 is 0 Å². The SMILES string of the molecule is Cc1ccc(NC(=O)COC(=O)CCC(=O)c2cc(C)ccc2C)c(C)c1. The quantitative estimate of drug-likeness (QED) is 0.591. The number of rotatable bonds is 7. The number of benzene rings is 2. The van der Waals surface area contributed by atoms with Gasteiger partial charge in [0.2, 0.25) is 0 Å². The molecular formula is C22H25NO4. The van der Waals surface area contributed by atoms with Crippen LogP contribution in [0, 0.1) is 27.7 Å². The number of aryl methyl sites for hydroxylation is 4. The van der Waals surface area contributed by atoms with Crippen molar-refractivity contribution in [2.45, 2.75) is 40.5 Å². The van der Waals surface area contributed by atoms with Gasteiger partial charge in [0.1, 0.15) is 0 Å². The smallest absolute Gasteiger partial charge is 0.306 e. The number of esters is 1. The number of carbonyl (C=O) groups excluding carboxylic acids is 3. The van der Waals surface area contributed by atoms with Crippen LogP contribution in [0.4, 0.5) is 5.69 Å². The molecular weight excluding hydrogens is 342 g/mol. The van der Waals surface area contributed by atoms with E-state index in [-0.39, 0.29) is 25.2 Å². The van der Waals surface area contributed by atoms with Crippen LogP contribution in [0.2, 0.25) is 0 Å². The number of carbonyl (C=O) groups is 3. The van der Waals surface area contributed by atoms with E-state index in [0.29, 0.717) is 11.3 Å². The Hall–Kier alpha value is -2.95. The van der Waals surface area contributed by atoms with Gasteiger partial charge in [0.25, 0.3) is 5.91 Å². The number of nitrogens with one attached hydrogen (secondary N) is 1. The van der Waals surface area contributed by atoms with E-state index >= 15 is 0 Å². The van der Waals surface area contributed by atoms with Crippen molar-refractivity contribution in [3.63, 3.8) is 0 Å². The molecule has 0 fully saturated rings. The first-order chi connectivity index (χ1) is 12.8. The molecule has 0 saturated heterocycles. The van der Waals surface area contributed by atoms with Gasteiger partial charge in [-0.05, 0) is 51.0 Å². The molecule has 5 nitrogen and oxygen atoms in total. The average Bonchev–Trinajstić information content (AvgIpc) is 2.62. The number of anilines is 1. The highest BCUT2D eigenvalue weighted by molar-refractivity contribution is 5.99. The summed E-state index contributed by atoms with van der Waals surface area (Å²) in [5.41, 5.74) is 5.22. The van der Waals surface area contributed by atoms with Crippen molar-refractivity contribution in [2.75, 3.05) is 11.9 Å². The third kappa shape index (κ3) is 6.06. The summed E-state index contributed by atoms with van der Waals surface area (Å²) in [5.74, 6) is -1.08. The summed E-state index contributed by atoms with van der Waals surface area (Å²) in [6.45, 7) is 7.28. The van der Waals surface area contributed by atoms with Gasteiger partial charge in [0.05, 0.1) is 6.42 Å². The van der Waals surface area contributed by atoms with Gasteiger partial charge in [-0.3, -0.25) is 14.4 Å². The largest absolute Gasteiger partial charge is 0.456 e. The average molecular weight is 367 g/mol. The molecule has 2 aromatic carbocycles. The van der Waals surface area contributed by atoms with E-state index in [1.165, 1.54) is 0 Å². The molecule has 0 aliphatic rings. The van der Waals surface area contributed by atoms with Crippen molar-refractivity contribution in [1.82, 2.24) is 0 Å². The Bertz CT molecular complexity index is 871. The number of hydrogen-bond donors (Lipinski definition) is 1. The van der Waals surface area contributed by atoms with E-state index in [1.54, 1.807) is 0 Å². The van der Waals surface area contributed by atoms with E-state index in [1.807, 2.05) is 64.1 Å². The molecule has 5 heteroatoms. The van der Waals surface area contributed by atoms with Gasteiger partial charge in [0, 0.05) is 17.7 Å². The van der Waals surface area contributed by atoms with Crippen LogP contribution in [0.5, 0.6) is 0 Å². The van der Waals surface area contributed by atoms with Crippen molar-refractivity contribution >= 4 is 23.3 Å². The molecule has 0 bridgehead atoms. The van der Waals surface area contributed by atoms with Gasteiger partial charge in [0.15, 0.2) is 12.4 Å². The Morgan fingerprint density at radius 1 is 0.852 bits per heavy atom. The minimum absolute atomic E-state index is 0.0525. The van der Waals surface area contributed by atoms with E-state index < -0.39 is 11.9 Å². The fraction of sp³-hybridized carbons (Fsp3) is 0.318. The summed E-state index contributed by atoms with van der Waals surface area (Å²) in [5, 5.41) is 2.71. The van der Waals surface area contributed by atoms with Crippen molar-refractivity contribution in [1.29, 1.82) is 0 Å². The Labute approximate surface area is 159 Å². The highest BCUT2D eigenvalue weighted by Crippen LogP contribution is 2.16. The molecule has 0 spiro atoms. The zero-order chi connectivity index (χ0) is 20.0. The highest BCUT2D eigenvalue weighted by atomic mass is 16.5. The summed E-state index contributed by atoms with van der Waals surface area (Å²) in [6.07, 6.45) is 0.00483. The summed E-state index contributed by atoms with van der Waals surface area (Å²) < 4.78 is 4.98. The van der Waals surface area contributed by atoms with E-state index in [2.05, 4.69) is 5.32 Å². The van der Waals surface area contributed by atoms with Crippen LogP contribution in [0.15, 0.2) is 36.4 Å². The lowest BCUT2D eigenvalue weighted by Gasteiger charge is -2.10. The maximum absolute atomic E-state index is 12.3. The molecule has 0 aromatic heterocycles. The first-order valence-electron chi connectivity index (χ1n) is 8.89. The minimum atomic E-state index is -0.565. The van der Waals surface area contributed by atoms with Gasteiger partial charge >= 0.3 is 5.97 Å². The predicted molar refractivity (Wildman–Crippen MR) is 105 cm³/mol. The molecule has 0 atom stereocenters. The number of ketones is 1. The monoisotopic (exact) mass is 367 g/mol. The van der Waals surface area contributed by atoms with E-state index in [9.17, 15) is 14.4 Å². The maximum atomic E-state index is 12.3. The minimum Gasteiger partial charge on any atom is -0.456 e. The van der Waals surface area contributed by atoms with Gasteiger partial charge in [-0.1, -0.05) is 35.4 Å². The number of amides is 1. The fourth-order valence-electron chi connectivity index (χ4n) is 2.74. The Balaban J connectivity index is 1.79. The zero-order valence-corrected chi connectivity index (χ0v) is 16.2. The first-order valence-corrected chi connectivity index (χ1v) is 8.89. The van der Waals surface area contributed by atoms with Crippen LogP contribution in [0.25, 0.3) is 0 Å². The predicted octanol–water partition coefficient (Wildman–Crippen LogP) is 4.07. The lowest BCUT2D eigenvalue weighted by Crippen LogP contribution is -2.21. The second kappa shape index (κ2) is 9.12. The molecule has 27 heavy (non-hydrogen) atoms. The fourth-order valence-corrected chi connectivity index (χ4v) is 2.74. The molecule has 1 amide bonds. The second-order valence-electron chi connectivity index (χ2n) is 6.77. The topological polar surface area (TPSA) is 72.5 Å². The first kappa shape index (κ1) is 20.4. The summed E-state index contributed by atoms with van der Waals surface area (Å²) in [7, 11) is 0. The molecule has 0 radical (unpaired) electrons. The Kier molecular flexibility index (Phi) is 6.88. The van der Waals surface area contributed by atoms with Crippen molar-refractivity contribution < 1.29 is 19.1 Å². The molecule has 142 valence electrons. The third-order valence-corrected chi connectivity index (χ3v) is 4.27. The Morgan fingerprint density at radius 2 is 1.52 bits per heavy atom. The molecule has 0 aliphatic carbocycles. The molecule has 0 aliphatic heterocycles. The van der Waals surface area contributed by atoms with E-state index in [4.69, 9.17) is 4.74 Å². The highest BCUT2D eigenvalue weighted by Gasteiger charge is 2.14. The standard InChI is InChI=1S/C22H25NO4/c1-14-6-8-19(17(4)11-14)23-21(25)13-27-22(26)10-9-20(24)18-12-15(2)5-7-16(18)3/h5-8,11-12H,9-10,13H2,1-4H3,(H,23,25). The van der Waals surface area contributed by atoms with Crippen LogP contribution < -0.4 is 5.32 Å². The summed E-state index contributed by atoms with van der Waals surface area (Å²) in [4.78, 5) is 36.1. The van der Waals surface area contributed by atoms with Crippen LogP contribution in [0.1, 0.15) is 45.5 Å². The zero-order valence-electron chi connectivity index (χ0n) is 16.2. The molecule has 0 unspecified atom stereocenters. The normalized spacial score (nSPS) is 10.4. The van der Waals surface area contributed by atoms with Gasteiger partial charge in [-0.15, -0.1) is 0 Å². The lowest BCUT2D eigenvalue weighted by atomic mass is 9.99. The number of hydrogen-bond acceptors (Lipinski definition) is 4. The molecule has 2 rings (SSSR count). The van der Waals surface area contributed by atoms with Crippen molar-refractivity contribution in [3.8, 4) is 0 Å². The van der Waals surface area contributed by atoms with Crippen LogP contribution in [-0.2, 0) is 14.3 Å². The van der Waals surface area contributed by atoms with Crippen LogP contribution in [-0.4, -0.2) is 24.3 Å². The molecule has 0 heterocycles. The molecule has 1 N–H and O–H groups in total. The number of ether oxygens (including phenoxy) is 1. The van der Waals surface area contributed by atoms with Crippen molar-refractivity contribution in [2.24, 2.45) is 0 Å². The molecule has 0 saturated carbocycles. The van der Waals surface area contributed by atoms with Crippen LogP contribution in [0.3, 0.4) is 0 Å². The van der Waals surface area contributed by atoms with Gasteiger partial charge in [-0.25, -0.2) is 0 Å². The summed E-state index contributed by atoms with van der Waals surface area (Å²) in [6, 6.07) is 11.3. The summed E-state index contributed by atoms with van der Waals surface area (Å²) >= 11 is 0. The van der Waals surface area contributed by atoms with Crippen molar-refractivity contribution in [3.05, 3.63) is 64.2 Å².